The van der Waals surface area contributed by atoms with Gasteiger partial charge in [0.2, 0.25) is 0 Å². The van der Waals surface area contributed by atoms with Crippen LogP contribution < -0.4 is 5.43 Å². The molecule has 2 aromatic heterocycles. The van der Waals surface area contributed by atoms with Gasteiger partial charge < -0.3 is 4.57 Å². The Kier molecular flexibility index (Phi) is 6.47. The van der Waals surface area contributed by atoms with Crippen LogP contribution in [0.3, 0.4) is 0 Å². The number of nitrogens with one attached hydrogen (secondary N) is 1. The van der Waals surface area contributed by atoms with E-state index in [0.29, 0.717) is 5.56 Å². The molecule has 0 fully saturated rings. The van der Waals surface area contributed by atoms with Crippen LogP contribution in [0, 0.1) is 0 Å². The van der Waals surface area contributed by atoms with Crippen molar-refractivity contribution in [1.82, 2.24) is 15.0 Å². The van der Waals surface area contributed by atoms with E-state index in [9.17, 15) is 4.79 Å². The van der Waals surface area contributed by atoms with Gasteiger partial charge in [-0.05, 0) is 42.5 Å². The zero-order chi connectivity index (χ0) is 20.8. The second kappa shape index (κ2) is 9.61. The van der Waals surface area contributed by atoms with Gasteiger partial charge in [0.05, 0.1) is 6.21 Å². The number of amides is 1. The maximum absolute atomic E-state index is 12.1. The second-order valence-electron chi connectivity index (χ2n) is 6.53. The Bertz CT molecular complexity index is 1170. The predicted octanol–water partition coefficient (Wildman–Crippen LogP) is 5.25. The van der Waals surface area contributed by atoms with Crippen molar-refractivity contribution < 1.29 is 4.79 Å². The number of fused-ring (bicyclic) bond motifs is 1. The molecule has 150 valence electrons. The molecule has 2 heterocycles. The third kappa shape index (κ3) is 4.90. The first-order valence-electron chi connectivity index (χ1n) is 9.40. The van der Waals surface area contributed by atoms with Gasteiger partial charge in [-0.25, -0.2) is 5.43 Å². The lowest BCUT2D eigenvalue weighted by atomic mass is 10.2. The normalized spacial score (nSPS) is 11.2. The number of pyridine rings is 1. The highest BCUT2D eigenvalue weighted by Gasteiger charge is 2.07. The lowest BCUT2D eigenvalue weighted by Crippen LogP contribution is -2.17. The monoisotopic (exact) mass is 434 g/mol. The quantitative estimate of drug-likeness (QED) is 0.245. The van der Waals surface area contributed by atoms with Gasteiger partial charge in [0, 0.05) is 62.8 Å². The first-order valence-corrected chi connectivity index (χ1v) is 10.8. The SMILES string of the molecule is O=C(N/N=C\c1cn(CCSc2ccc(Cl)cc2)c2ccccc12)c1ccncc1. The van der Waals surface area contributed by atoms with Gasteiger partial charge in [0.15, 0.2) is 0 Å². The fourth-order valence-electron chi connectivity index (χ4n) is 3.08. The molecule has 0 saturated heterocycles. The molecule has 0 aliphatic rings. The van der Waals surface area contributed by atoms with Gasteiger partial charge in [0.25, 0.3) is 5.91 Å². The van der Waals surface area contributed by atoms with E-state index in [-0.39, 0.29) is 5.91 Å². The van der Waals surface area contributed by atoms with Crippen molar-refractivity contribution in [3.8, 4) is 0 Å². The number of para-hydroxylation sites is 1. The van der Waals surface area contributed by atoms with E-state index < -0.39 is 0 Å². The van der Waals surface area contributed by atoms with Gasteiger partial charge in [0.1, 0.15) is 0 Å². The van der Waals surface area contributed by atoms with Crippen LogP contribution in [0.25, 0.3) is 10.9 Å². The van der Waals surface area contributed by atoms with Crippen LogP contribution in [0.4, 0.5) is 0 Å². The molecule has 0 unspecified atom stereocenters. The molecule has 0 atom stereocenters. The van der Waals surface area contributed by atoms with Crippen molar-refractivity contribution in [2.45, 2.75) is 11.4 Å². The summed E-state index contributed by atoms with van der Waals surface area (Å²) in [5.74, 6) is 0.659. The van der Waals surface area contributed by atoms with Crippen LogP contribution >= 0.6 is 23.4 Å². The minimum Gasteiger partial charge on any atom is -0.346 e. The minimum atomic E-state index is -0.267. The smallest absolute Gasteiger partial charge is 0.271 e. The van der Waals surface area contributed by atoms with E-state index >= 15 is 0 Å². The molecule has 0 saturated carbocycles. The number of aryl methyl sites for hydroxylation is 1. The summed E-state index contributed by atoms with van der Waals surface area (Å²) in [4.78, 5) is 17.2. The van der Waals surface area contributed by atoms with Gasteiger partial charge in [-0.15, -0.1) is 11.8 Å². The van der Waals surface area contributed by atoms with Crippen molar-refractivity contribution in [2.75, 3.05) is 5.75 Å². The van der Waals surface area contributed by atoms with Gasteiger partial charge in [-0.2, -0.15) is 5.10 Å². The fourth-order valence-corrected chi connectivity index (χ4v) is 4.06. The summed E-state index contributed by atoms with van der Waals surface area (Å²) < 4.78 is 2.21. The highest BCUT2D eigenvalue weighted by molar-refractivity contribution is 7.99. The Hall–Kier alpha value is -3.09. The van der Waals surface area contributed by atoms with E-state index in [0.717, 1.165) is 33.8 Å². The summed E-state index contributed by atoms with van der Waals surface area (Å²) in [5.41, 5.74) is 5.18. The van der Waals surface area contributed by atoms with E-state index in [1.165, 1.54) is 4.90 Å². The van der Waals surface area contributed by atoms with Crippen LogP contribution in [0.5, 0.6) is 0 Å². The molecule has 0 aliphatic carbocycles. The van der Waals surface area contributed by atoms with E-state index in [2.05, 4.69) is 38.4 Å². The molecule has 0 bridgehead atoms. The summed E-state index contributed by atoms with van der Waals surface area (Å²) >= 11 is 7.74. The molecule has 0 spiro atoms. The molecule has 5 nitrogen and oxygen atoms in total. The highest BCUT2D eigenvalue weighted by atomic mass is 35.5. The summed E-state index contributed by atoms with van der Waals surface area (Å²) in [6.07, 6.45) is 6.90. The number of carbonyl (C=O) groups is 1. The molecule has 1 amide bonds. The number of halogens is 1. The summed E-state index contributed by atoms with van der Waals surface area (Å²) in [5, 5.41) is 5.98. The maximum atomic E-state index is 12.1. The number of hydrogen-bond donors (Lipinski definition) is 1. The van der Waals surface area contributed by atoms with Gasteiger partial charge in [-0.1, -0.05) is 29.8 Å². The number of benzene rings is 2. The topological polar surface area (TPSA) is 59.3 Å². The largest absolute Gasteiger partial charge is 0.346 e. The number of hydrazone groups is 1. The Labute approximate surface area is 183 Å². The highest BCUT2D eigenvalue weighted by Crippen LogP contribution is 2.23. The third-order valence-electron chi connectivity index (χ3n) is 4.55. The van der Waals surface area contributed by atoms with E-state index in [4.69, 9.17) is 11.6 Å². The third-order valence-corrected chi connectivity index (χ3v) is 5.79. The fraction of sp³-hybridized carbons (Fsp3) is 0.0870. The molecule has 2 aromatic carbocycles. The van der Waals surface area contributed by atoms with Crippen LogP contribution in [-0.2, 0) is 6.54 Å². The van der Waals surface area contributed by atoms with Crippen molar-refractivity contribution >= 4 is 46.4 Å². The van der Waals surface area contributed by atoms with Crippen molar-refractivity contribution in [3.05, 3.63) is 95.4 Å². The predicted molar refractivity (Wildman–Crippen MR) is 123 cm³/mol. The molecular weight excluding hydrogens is 416 g/mol. The van der Waals surface area contributed by atoms with Crippen LogP contribution in [0.15, 0.2) is 89.3 Å². The lowest BCUT2D eigenvalue weighted by Gasteiger charge is -2.05. The molecule has 4 aromatic rings. The number of rotatable bonds is 7. The summed E-state index contributed by atoms with van der Waals surface area (Å²) in [6.45, 7) is 0.852. The molecule has 1 N–H and O–H groups in total. The number of carbonyl (C=O) groups excluding carboxylic acids is 1. The van der Waals surface area contributed by atoms with E-state index in [1.807, 2.05) is 36.4 Å². The Morgan fingerprint density at radius 3 is 2.67 bits per heavy atom. The Morgan fingerprint density at radius 2 is 1.87 bits per heavy atom. The first-order chi connectivity index (χ1) is 14.7. The van der Waals surface area contributed by atoms with Gasteiger partial charge >= 0.3 is 0 Å². The minimum absolute atomic E-state index is 0.267. The van der Waals surface area contributed by atoms with Crippen molar-refractivity contribution in [3.63, 3.8) is 0 Å². The summed E-state index contributed by atoms with van der Waals surface area (Å²) in [6, 6.07) is 19.4. The molecule has 4 rings (SSSR count). The maximum Gasteiger partial charge on any atom is 0.271 e. The number of hydrogen-bond acceptors (Lipinski definition) is 4. The standard InChI is InChI=1S/C23H19ClN4OS/c24-19-5-7-20(8-6-19)30-14-13-28-16-18(21-3-1-2-4-22(21)28)15-26-27-23(29)17-9-11-25-12-10-17/h1-12,15-16H,13-14H2,(H,27,29)/b26-15-. The summed E-state index contributed by atoms with van der Waals surface area (Å²) in [7, 11) is 0. The zero-order valence-electron chi connectivity index (χ0n) is 16.0. The average Bonchev–Trinajstić information content (AvgIpc) is 3.13. The molecule has 0 radical (unpaired) electrons. The number of aromatic nitrogens is 2. The molecule has 7 heteroatoms. The van der Waals surface area contributed by atoms with Crippen molar-refractivity contribution in [2.24, 2.45) is 5.10 Å². The Morgan fingerprint density at radius 1 is 1.10 bits per heavy atom. The number of thioether (sulfide) groups is 1. The zero-order valence-corrected chi connectivity index (χ0v) is 17.6. The van der Waals surface area contributed by atoms with Crippen LogP contribution in [0.1, 0.15) is 15.9 Å². The first kappa shape index (κ1) is 20.2. The molecular formula is C23H19ClN4OS. The number of nitrogens with zero attached hydrogens (tertiary/aromatic N) is 3. The average molecular weight is 435 g/mol. The Balaban J connectivity index is 1.45. The lowest BCUT2D eigenvalue weighted by molar-refractivity contribution is 0.0955. The molecule has 0 aliphatic heterocycles. The second-order valence-corrected chi connectivity index (χ2v) is 8.14. The van der Waals surface area contributed by atoms with E-state index in [1.54, 1.807) is 42.5 Å². The molecule has 30 heavy (non-hydrogen) atoms. The van der Waals surface area contributed by atoms with Crippen LogP contribution in [0.2, 0.25) is 5.02 Å². The van der Waals surface area contributed by atoms with Crippen LogP contribution in [-0.4, -0.2) is 27.4 Å². The van der Waals surface area contributed by atoms with Gasteiger partial charge in [-0.3, -0.25) is 9.78 Å². The van der Waals surface area contributed by atoms with Crippen molar-refractivity contribution in [1.29, 1.82) is 0 Å².